The number of ether oxygens (including phenoxy) is 2. The summed E-state index contributed by atoms with van der Waals surface area (Å²) in [6.45, 7) is 5.07. The molecule has 6 nitrogen and oxygen atoms in total. The van der Waals surface area contributed by atoms with Crippen LogP contribution in [0.25, 0.3) is 0 Å². The first-order valence-electron chi connectivity index (χ1n) is 8.93. The molecule has 0 spiro atoms. The van der Waals surface area contributed by atoms with Crippen LogP contribution in [0.5, 0.6) is 11.5 Å². The van der Waals surface area contributed by atoms with Gasteiger partial charge in [0, 0.05) is 17.0 Å². The summed E-state index contributed by atoms with van der Waals surface area (Å²) < 4.78 is 34.7. The Morgan fingerprint density at radius 1 is 1.31 bits per heavy atom. The molecule has 2 aliphatic rings. The van der Waals surface area contributed by atoms with E-state index in [1.807, 2.05) is 32.0 Å². The van der Waals surface area contributed by atoms with Crippen LogP contribution in [0, 0.1) is 0 Å². The first-order valence-corrected chi connectivity index (χ1v) is 11.7. The van der Waals surface area contributed by atoms with Gasteiger partial charge in [-0.2, -0.15) is 0 Å². The van der Waals surface area contributed by atoms with E-state index in [0.717, 1.165) is 17.1 Å². The summed E-state index contributed by atoms with van der Waals surface area (Å²) >= 11 is 1.44. The first kappa shape index (κ1) is 19.4. The average molecular weight is 400 g/mol. The summed E-state index contributed by atoms with van der Waals surface area (Å²) in [5.74, 6) is 1.95. The van der Waals surface area contributed by atoms with Crippen LogP contribution in [0.15, 0.2) is 23.1 Å². The fourth-order valence-corrected chi connectivity index (χ4v) is 5.84. The second-order valence-corrected chi connectivity index (χ2v) is 9.99. The van der Waals surface area contributed by atoms with E-state index in [4.69, 9.17) is 9.47 Å². The fourth-order valence-electron chi connectivity index (χ4n) is 3.33. The lowest BCUT2D eigenvalue weighted by Crippen LogP contribution is -2.47. The molecule has 2 heterocycles. The summed E-state index contributed by atoms with van der Waals surface area (Å²) in [7, 11) is -3.02. The Bertz CT molecular complexity index is 765. The van der Waals surface area contributed by atoms with Crippen LogP contribution in [0.4, 0.5) is 0 Å². The molecule has 1 amide bonds. The van der Waals surface area contributed by atoms with Crippen molar-refractivity contribution < 1.29 is 22.7 Å². The Balaban J connectivity index is 1.66. The van der Waals surface area contributed by atoms with Gasteiger partial charge in [0.1, 0.15) is 13.2 Å². The molecule has 0 aliphatic carbocycles. The molecule has 1 aromatic rings. The average Bonchev–Trinajstić information content (AvgIpc) is 2.99. The molecule has 8 heteroatoms. The van der Waals surface area contributed by atoms with Gasteiger partial charge < -0.3 is 14.4 Å². The molecule has 144 valence electrons. The van der Waals surface area contributed by atoms with Crippen molar-refractivity contribution >= 4 is 27.5 Å². The lowest BCUT2D eigenvalue weighted by atomic mass is 10.1. The van der Waals surface area contributed by atoms with Crippen molar-refractivity contribution in [3.05, 3.63) is 18.2 Å². The number of amides is 1. The molecule has 1 fully saturated rings. The highest BCUT2D eigenvalue weighted by atomic mass is 32.2. The predicted octanol–water partition coefficient (Wildman–Crippen LogP) is 2.36. The highest BCUT2D eigenvalue weighted by Crippen LogP contribution is 2.34. The van der Waals surface area contributed by atoms with Gasteiger partial charge in [0.25, 0.3) is 0 Å². The second-order valence-electron chi connectivity index (χ2n) is 6.71. The van der Waals surface area contributed by atoms with Crippen LogP contribution in [-0.4, -0.2) is 61.8 Å². The third-order valence-corrected chi connectivity index (χ3v) is 7.56. The van der Waals surface area contributed by atoms with Crippen molar-refractivity contribution in [1.29, 1.82) is 0 Å². The minimum Gasteiger partial charge on any atom is -0.486 e. The van der Waals surface area contributed by atoms with Gasteiger partial charge in [-0.3, -0.25) is 4.79 Å². The van der Waals surface area contributed by atoms with Crippen molar-refractivity contribution in [1.82, 2.24) is 4.90 Å². The van der Waals surface area contributed by atoms with Crippen LogP contribution in [0.1, 0.15) is 26.7 Å². The molecule has 1 aromatic carbocycles. The molecule has 0 radical (unpaired) electrons. The zero-order valence-corrected chi connectivity index (χ0v) is 16.8. The Labute approximate surface area is 159 Å². The maximum Gasteiger partial charge on any atom is 0.233 e. The smallest absolute Gasteiger partial charge is 0.233 e. The highest BCUT2D eigenvalue weighted by Gasteiger charge is 2.36. The van der Waals surface area contributed by atoms with Crippen molar-refractivity contribution in [2.45, 2.75) is 43.7 Å². The molecule has 0 N–H and O–H groups in total. The van der Waals surface area contributed by atoms with E-state index in [-0.39, 0.29) is 35.2 Å². The normalized spacial score (nSPS) is 22.0. The van der Waals surface area contributed by atoms with Crippen LogP contribution in [0.2, 0.25) is 0 Å². The summed E-state index contributed by atoms with van der Waals surface area (Å²) in [6, 6.07) is 5.49. The number of fused-ring (bicyclic) bond motifs is 1. The van der Waals surface area contributed by atoms with Crippen LogP contribution >= 0.6 is 11.8 Å². The maximum absolute atomic E-state index is 12.9. The summed E-state index contributed by atoms with van der Waals surface area (Å²) in [4.78, 5) is 15.6. The van der Waals surface area contributed by atoms with Crippen LogP contribution in [0.3, 0.4) is 0 Å². The molecule has 26 heavy (non-hydrogen) atoms. The molecule has 0 unspecified atom stereocenters. The van der Waals surface area contributed by atoms with Gasteiger partial charge >= 0.3 is 0 Å². The number of hydrogen-bond acceptors (Lipinski definition) is 6. The van der Waals surface area contributed by atoms with Crippen LogP contribution < -0.4 is 9.47 Å². The number of carbonyl (C=O) groups excluding carboxylic acids is 1. The molecule has 0 bridgehead atoms. The van der Waals surface area contributed by atoms with E-state index in [2.05, 4.69) is 0 Å². The number of sulfone groups is 1. The molecular formula is C18H25NO5S2. The molecule has 2 aliphatic heterocycles. The molecule has 1 saturated heterocycles. The van der Waals surface area contributed by atoms with Crippen molar-refractivity contribution in [3.63, 3.8) is 0 Å². The monoisotopic (exact) mass is 399 g/mol. The zero-order chi connectivity index (χ0) is 18.7. The van der Waals surface area contributed by atoms with E-state index in [0.29, 0.717) is 25.4 Å². The Hall–Kier alpha value is -1.41. The Morgan fingerprint density at radius 2 is 2.04 bits per heavy atom. The minimum absolute atomic E-state index is 0.0126. The highest BCUT2D eigenvalue weighted by molar-refractivity contribution is 8.00. The van der Waals surface area contributed by atoms with Gasteiger partial charge in [-0.25, -0.2) is 8.42 Å². The third kappa shape index (κ3) is 4.46. The number of benzene rings is 1. The summed E-state index contributed by atoms with van der Waals surface area (Å²) in [6.07, 6.45) is 1.34. The lowest BCUT2D eigenvalue weighted by Gasteiger charge is -2.33. The van der Waals surface area contributed by atoms with Crippen molar-refractivity contribution in [3.8, 4) is 11.5 Å². The number of rotatable bonds is 6. The van der Waals surface area contributed by atoms with E-state index in [1.165, 1.54) is 11.8 Å². The number of carbonyl (C=O) groups is 1. The van der Waals surface area contributed by atoms with E-state index in [9.17, 15) is 13.2 Å². The van der Waals surface area contributed by atoms with Crippen LogP contribution in [-0.2, 0) is 14.6 Å². The quantitative estimate of drug-likeness (QED) is 0.684. The van der Waals surface area contributed by atoms with Gasteiger partial charge in [0.2, 0.25) is 5.91 Å². The van der Waals surface area contributed by atoms with E-state index in [1.54, 1.807) is 4.90 Å². The third-order valence-electron chi connectivity index (χ3n) is 4.83. The van der Waals surface area contributed by atoms with Crippen molar-refractivity contribution in [2.75, 3.05) is 30.5 Å². The van der Waals surface area contributed by atoms with Gasteiger partial charge in [-0.05, 0) is 38.0 Å². The second kappa shape index (κ2) is 8.08. The van der Waals surface area contributed by atoms with Gasteiger partial charge in [0.15, 0.2) is 21.3 Å². The van der Waals surface area contributed by atoms with Crippen molar-refractivity contribution in [2.24, 2.45) is 0 Å². The molecule has 3 rings (SSSR count). The zero-order valence-electron chi connectivity index (χ0n) is 15.1. The maximum atomic E-state index is 12.9. The number of nitrogens with zero attached hydrogens (tertiary/aromatic N) is 1. The Kier molecular flexibility index (Phi) is 6.02. The van der Waals surface area contributed by atoms with Gasteiger partial charge in [0.05, 0.1) is 17.3 Å². The lowest BCUT2D eigenvalue weighted by molar-refractivity contribution is -0.132. The predicted molar refractivity (Wildman–Crippen MR) is 102 cm³/mol. The largest absolute Gasteiger partial charge is 0.486 e. The molecular weight excluding hydrogens is 374 g/mol. The fraction of sp³-hybridized carbons (Fsp3) is 0.611. The summed E-state index contributed by atoms with van der Waals surface area (Å²) in [5.41, 5.74) is 0. The molecule has 2 atom stereocenters. The number of thioether (sulfide) groups is 1. The minimum atomic E-state index is -3.02. The number of hydrogen-bond donors (Lipinski definition) is 0. The van der Waals surface area contributed by atoms with E-state index < -0.39 is 9.84 Å². The Morgan fingerprint density at radius 3 is 2.69 bits per heavy atom. The first-order chi connectivity index (χ1) is 12.4. The summed E-state index contributed by atoms with van der Waals surface area (Å²) in [5, 5.41) is 0. The standard InChI is InChI=1S/C18H25NO5S2/c1-3-13(2)19(14-6-9-26(21,22)12-14)18(20)11-25-15-4-5-16-17(10-15)24-8-7-23-16/h4-5,10,13-14H,3,6-9,11-12H2,1-2H3/t13-,14+/m0/s1. The topological polar surface area (TPSA) is 72.9 Å². The van der Waals surface area contributed by atoms with Gasteiger partial charge in [-0.1, -0.05) is 6.92 Å². The molecule has 0 saturated carbocycles. The SMILES string of the molecule is CC[C@H](C)N(C(=O)CSc1ccc2c(c1)OCCO2)[C@@H]1CCS(=O)(=O)C1. The van der Waals surface area contributed by atoms with E-state index >= 15 is 0 Å². The van der Waals surface area contributed by atoms with Gasteiger partial charge in [-0.15, -0.1) is 11.8 Å². The molecule has 0 aromatic heterocycles.